The molecular weight excluding hydrogens is 586 g/mol. The summed E-state index contributed by atoms with van der Waals surface area (Å²) in [5, 5.41) is 9.37. The summed E-state index contributed by atoms with van der Waals surface area (Å²) >= 11 is 15.5. The molecular formula is C23H19BrCl2F3N5O2. The topological polar surface area (TPSA) is 88.9 Å². The quantitative estimate of drug-likeness (QED) is 0.320. The second-order valence-electron chi connectivity index (χ2n) is 7.90. The fourth-order valence-electron chi connectivity index (χ4n) is 3.21. The third-order valence-electron chi connectivity index (χ3n) is 4.69. The zero-order valence-corrected chi connectivity index (χ0v) is 22.1. The van der Waals surface area contributed by atoms with E-state index in [-0.39, 0.29) is 32.8 Å². The summed E-state index contributed by atoms with van der Waals surface area (Å²) in [4.78, 5) is 29.7. The van der Waals surface area contributed by atoms with Gasteiger partial charge in [0, 0.05) is 28.9 Å². The largest absolute Gasteiger partial charge is 0.421 e. The van der Waals surface area contributed by atoms with Crippen LogP contribution < -0.4 is 10.6 Å². The number of aryl methyl sites for hydroxylation is 1. The molecule has 2 aromatic heterocycles. The average Bonchev–Trinajstić information content (AvgIpc) is 3.14. The van der Waals surface area contributed by atoms with E-state index in [2.05, 4.69) is 36.6 Å². The number of halogens is 6. The number of pyridine rings is 1. The van der Waals surface area contributed by atoms with Crippen molar-refractivity contribution in [3.8, 4) is 5.82 Å². The SMILES string of the molecule is Cc1cc(Cl)cc(C=C(C(=O)NC(C)C)C(F)(F)F)c1NC(=O)c1cc(Br)nn1-c1ncccc1Cl. The molecule has 2 amide bonds. The summed E-state index contributed by atoms with van der Waals surface area (Å²) in [6.07, 6.45) is -2.85. The Morgan fingerprint density at radius 3 is 2.50 bits per heavy atom. The average molecular weight is 605 g/mol. The molecule has 3 rings (SSSR count). The van der Waals surface area contributed by atoms with Crippen molar-refractivity contribution in [3.05, 3.63) is 73.6 Å². The zero-order valence-electron chi connectivity index (χ0n) is 19.0. The van der Waals surface area contributed by atoms with Gasteiger partial charge in [-0.25, -0.2) is 9.67 Å². The molecule has 7 nitrogen and oxygen atoms in total. The monoisotopic (exact) mass is 603 g/mol. The molecule has 190 valence electrons. The van der Waals surface area contributed by atoms with Crippen molar-refractivity contribution in [3.63, 3.8) is 0 Å². The predicted molar refractivity (Wildman–Crippen MR) is 136 cm³/mol. The normalized spacial score (nSPS) is 12.1. The van der Waals surface area contributed by atoms with Gasteiger partial charge in [0.2, 0.25) is 0 Å². The third-order valence-corrected chi connectivity index (χ3v) is 5.59. The molecule has 0 unspecified atom stereocenters. The van der Waals surface area contributed by atoms with Crippen LogP contribution in [-0.2, 0) is 4.79 Å². The van der Waals surface area contributed by atoms with Crippen LogP contribution in [0.4, 0.5) is 18.9 Å². The van der Waals surface area contributed by atoms with Crippen LogP contribution in [0.25, 0.3) is 11.9 Å². The van der Waals surface area contributed by atoms with Gasteiger partial charge in [-0.05, 0) is 72.6 Å². The van der Waals surface area contributed by atoms with E-state index in [4.69, 9.17) is 23.2 Å². The van der Waals surface area contributed by atoms with E-state index in [0.717, 1.165) is 0 Å². The number of benzene rings is 1. The minimum Gasteiger partial charge on any atom is -0.350 e. The number of amides is 2. The number of rotatable bonds is 6. The molecule has 0 saturated carbocycles. The highest BCUT2D eigenvalue weighted by atomic mass is 79.9. The Labute approximate surface area is 222 Å². The van der Waals surface area contributed by atoms with Crippen LogP contribution >= 0.6 is 39.1 Å². The van der Waals surface area contributed by atoms with Crippen molar-refractivity contribution in [2.75, 3.05) is 5.32 Å². The summed E-state index contributed by atoms with van der Waals surface area (Å²) in [6.45, 7) is 4.63. The lowest BCUT2D eigenvalue weighted by molar-refractivity contribution is -0.130. The first-order chi connectivity index (χ1) is 16.8. The minimum atomic E-state index is -4.96. The molecule has 0 aliphatic rings. The fourth-order valence-corrected chi connectivity index (χ4v) is 4.07. The van der Waals surface area contributed by atoms with Crippen LogP contribution in [0.2, 0.25) is 10.0 Å². The Hall–Kier alpha value is -2.89. The molecule has 1 aromatic carbocycles. The van der Waals surface area contributed by atoms with Crippen LogP contribution in [0, 0.1) is 6.92 Å². The Kier molecular flexibility index (Phi) is 8.48. The molecule has 3 aromatic rings. The van der Waals surface area contributed by atoms with Crippen LogP contribution in [-0.4, -0.2) is 38.8 Å². The number of nitrogens with one attached hydrogen (secondary N) is 2. The fraction of sp³-hybridized carbons (Fsp3) is 0.217. The summed E-state index contributed by atoms with van der Waals surface area (Å²) < 4.78 is 42.8. The first-order valence-corrected chi connectivity index (χ1v) is 11.9. The third kappa shape index (κ3) is 6.45. The molecule has 0 radical (unpaired) electrons. The summed E-state index contributed by atoms with van der Waals surface area (Å²) in [7, 11) is 0. The van der Waals surface area contributed by atoms with E-state index in [0.29, 0.717) is 16.2 Å². The zero-order chi connectivity index (χ0) is 26.8. The number of carbonyl (C=O) groups is 2. The highest BCUT2D eigenvalue weighted by Gasteiger charge is 2.39. The molecule has 0 aliphatic heterocycles. The number of anilines is 1. The van der Waals surface area contributed by atoms with Gasteiger partial charge >= 0.3 is 6.18 Å². The predicted octanol–water partition coefficient (Wildman–Crippen LogP) is 6.37. The maximum absolute atomic E-state index is 13.8. The van der Waals surface area contributed by atoms with Crippen LogP contribution in [0.3, 0.4) is 0 Å². The van der Waals surface area contributed by atoms with Crippen LogP contribution in [0.5, 0.6) is 0 Å². The second kappa shape index (κ2) is 11.0. The maximum Gasteiger partial charge on any atom is 0.421 e. The molecule has 0 saturated heterocycles. The Morgan fingerprint density at radius 1 is 1.19 bits per heavy atom. The number of hydrogen-bond acceptors (Lipinski definition) is 4. The van der Waals surface area contributed by atoms with Crippen molar-refractivity contribution in [1.82, 2.24) is 20.1 Å². The van der Waals surface area contributed by atoms with E-state index in [1.165, 1.54) is 42.9 Å². The van der Waals surface area contributed by atoms with Gasteiger partial charge in [0.1, 0.15) is 15.9 Å². The molecule has 13 heteroatoms. The number of nitrogens with zero attached hydrogens (tertiary/aromatic N) is 3. The lowest BCUT2D eigenvalue weighted by Crippen LogP contribution is -2.36. The number of aromatic nitrogens is 3. The van der Waals surface area contributed by atoms with Gasteiger partial charge in [-0.15, -0.1) is 0 Å². The maximum atomic E-state index is 13.8. The summed E-state index contributed by atoms with van der Waals surface area (Å²) in [5.74, 6) is -1.85. The summed E-state index contributed by atoms with van der Waals surface area (Å²) in [5.41, 5.74) is -1.16. The molecule has 2 heterocycles. The molecule has 2 N–H and O–H groups in total. The molecule has 0 aliphatic carbocycles. The second-order valence-corrected chi connectivity index (χ2v) is 9.55. The van der Waals surface area contributed by atoms with Crippen molar-refractivity contribution < 1.29 is 22.8 Å². The Morgan fingerprint density at radius 2 is 1.89 bits per heavy atom. The first kappa shape index (κ1) is 27.7. The van der Waals surface area contributed by atoms with Gasteiger partial charge in [-0.2, -0.15) is 18.3 Å². The van der Waals surface area contributed by atoms with Gasteiger partial charge in [0.15, 0.2) is 5.82 Å². The van der Waals surface area contributed by atoms with Gasteiger partial charge in [-0.1, -0.05) is 23.2 Å². The molecule has 0 bridgehead atoms. The van der Waals surface area contributed by atoms with Crippen molar-refractivity contribution >= 4 is 62.7 Å². The van der Waals surface area contributed by atoms with Crippen molar-refractivity contribution in [2.45, 2.75) is 33.0 Å². The highest BCUT2D eigenvalue weighted by Crippen LogP contribution is 2.33. The molecule has 0 atom stereocenters. The van der Waals surface area contributed by atoms with Crippen molar-refractivity contribution in [1.29, 1.82) is 0 Å². The first-order valence-electron chi connectivity index (χ1n) is 10.4. The smallest absolute Gasteiger partial charge is 0.350 e. The highest BCUT2D eigenvalue weighted by molar-refractivity contribution is 9.10. The van der Waals surface area contributed by atoms with E-state index in [1.54, 1.807) is 19.1 Å². The molecule has 36 heavy (non-hydrogen) atoms. The van der Waals surface area contributed by atoms with Gasteiger partial charge in [-0.3, -0.25) is 9.59 Å². The Balaban J connectivity index is 2.10. The number of hydrogen-bond donors (Lipinski definition) is 2. The van der Waals surface area contributed by atoms with E-state index in [9.17, 15) is 22.8 Å². The number of carbonyl (C=O) groups excluding carboxylic acids is 2. The standard InChI is InChI=1S/C23H19BrCl2F3N5O2/c1-11(2)31-21(35)15(23(27,28)29)9-13-8-14(25)7-12(3)19(13)32-22(36)17-10-18(24)33-34(17)20-16(26)5-4-6-30-20/h4-11H,1-3H3,(H,31,35)(H,32,36). The van der Waals surface area contributed by atoms with Gasteiger partial charge in [0.25, 0.3) is 11.8 Å². The lowest BCUT2D eigenvalue weighted by atomic mass is 10.0. The van der Waals surface area contributed by atoms with E-state index < -0.39 is 29.6 Å². The van der Waals surface area contributed by atoms with Gasteiger partial charge < -0.3 is 10.6 Å². The van der Waals surface area contributed by atoms with E-state index in [1.807, 2.05) is 0 Å². The number of alkyl halides is 3. The molecule has 0 spiro atoms. The Bertz CT molecular complexity index is 1360. The van der Waals surface area contributed by atoms with Gasteiger partial charge in [0.05, 0.1) is 10.7 Å². The summed E-state index contributed by atoms with van der Waals surface area (Å²) in [6, 6.07) is 6.74. The molecule has 0 fully saturated rings. The van der Waals surface area contributed by atoms with Crippen LogP contribution in [0.15, 0.2) is 46.7 Å². The lowest BCUT2D eigenvalue weighted by Gasteiger charge is -2.17. The van der Waals surface area contributed by atoms with Crippen LogP contribution in [0.1, 0.15) is 35.5 Å². The minimum absolute atomic E-state index is 0.000324. The van der Waals surface area contributed by atoms with E-state index >= 15 is 0 Å². The van der Waals surface area contributed by atoms with Crippen molar-refractivity contribution in [2.24, 2.45) is 0 Å².